The first kappa shape index (κ1) is 17.4. The highest BCUT2D eigenvalue weighted by Crippen LogP contribution is 2.33. The summed E-state index contributed by atoms with van der Waals surface area (Å²) in [7, 11) is 1.63. The summed E-state index contributed by atoms with van der Waals surface area (Å²) in [6.07, 6.45) is 1.60. The molecule has 0 spiro atoms. The van der Waals surface area contributed by atoms with Crippen molar-refractivity contribution in [3.05, 3.63) is 78.3 Å². The van der Waals surface area contributed by atoms with Crippen LogP contribution in [-0.2, 0) is 5.75 Å². The normalized spacial score (nSPS) is 10.9. The lowest BCUT2D eigenvalue weighted by Crippen LogP contribution is -2.02. The molecule has 0 fully saturated rings. The van der Waals surface area contributed by atoms with Crippen LogP contribution in [0.3, 0.4) is 0 Å². The topological polar surface area (TPSA) is 53.1 Å². The molecule has 4 rings (SSSR count). The first-order chi connectivity index (χ1) is 13.3. The molecule has 5 nitrogen and oxygen atoms in total. The Morgan fingerprint density at radius 2 is 1.85 bits per heavy atom. The number of rotatable bonds is 6. The van der Waals surface area contributed by atoms with Gasteiger partial charge in [-0.3, -0.25) is 4.57 Å². The Labute approximate surface area is 159 Å². The van der Waals surface area contributed by atoms with E-state index in [0.717, 1.165) is 11.3 Å². The van der Waals surface area contributed by atoms with E-state index in [9.17, 15) is 4.39 Å². The molecule has 0 amide bonds. The second-order valence-electron chi connectivity index (χ2n) is 5.71. The Hall–Kier alpha value is -3.06. The van der Waals surface area contributed by atoms with Gasteiger partial charge in [0.2, 0.25) is 5.82 Å². The smallest absolute Gasteiger partial charge is 0.205 e. The minimum atomic E-state index is -0.249. The summed E-state index contributed by atoms with van der Waals surface area (Å²) in [4.78, 5) is 0. The summed E-state index contributed by atoms with van der Waals surface area (Å²) < 4.78 is 26.1. The van der Waals surface area contributed by atoms with Crippen LogP contribution in [-0.4, -0.2) is 21.9 Å². The van der Waals surface area contributed by atoms with E-state index in [1.165, 1.54) is 23.9 Å². The summed E-state index contributed by atoms with van der Waals surface area (Å²) in [5, 5.41) is 9.35. The van der Waals surface area contributed by atoms with E-state index in [0.29, 0.717) is 28.2 Å². The van der Waals surface area contributed by atoms with Gasteiger partial charge in [-0.1, -0.05) is 36.0 Å². The van der Waals surface area contributed by atoms with Gasteiger partial charge in [-0.05, 0) is 42.0 Å². The molecule has 0 saturated carbocycles. The van der Waals surface area contributed by atoms with Crippen LogP contribution >= 0.6 is 11.8 Å². The van der Waals surface area contributed by atoms with Gasteiger partial charge < -0.3 is 9.15 Å². The highest BCUT2D eigenvalue weighted by molar-refractivity contribution is 7.98. The zero-order valence-corrected chi connectivity index (χ0v) is 15.3. The van der Waals surface area contributed by atoms with Crippen molar-refractivity contribution >= 4 is 11.8 Å². The molecule has 7 heteroatoms. The van der Waals surface area contributed by atoms with Crippen LogP contribution in [0.2, 0.25) is 0 Å². The molecule has 0 aliphatic carbocycles. The summed E-state index contributed by atoms with van der Waals surface area (Å²) in [5.74, 6) is 2.29. The average Bonchev–Trinajstić information content (AvgIpc) is 3.37. The van der Waals surface area contributed by atoms with Crippen molar-refractivity contribution < 1.29 is 13.5 Å². The first-order valence-corrected chi connectivity index (χ1v) is 9.25. The van der Waals surface area contributed by atoms with Crippen molar-refractivity contribution in [1.29, 1.82) is 0 Å². The predicted octanol–water partition coefficient (Wildman–Crippen LogP) is 4.97. The maximum Gasteiger partial charge on any atom is 0.205 e. The molecule has 2 heterocycles. The van der Waals surface area contributed by atoms with Gasteiger partial charge in [0.15, 0.2) is 10.9 Å². The molecule has 0 atom stereocenters. The Bertz CT molecular complexity index is 1030. The molecule has 0 N–H and O–H groups in total. The number of ether oxygens (including phenoxy) is 1. The number of hydrogen-bond acceptors (Lipinski definition) is 5. The minimum Gasteiger partial charge on any atom is -0.495 e. The summed E-state index contributed by atoms with van der Waals surface area (Å²) in [6, 6.07) is 17.7. The minimum absolute atomic E-state index is 0.249. The van der Waals surface area contributed by atoms with Crippen LogP contribution in [0, 0.1) is 5.82 Å². The van der Waals surface area contributed by atoms with E-state index in [1.54, 1.807) is 25.5 Å². The predicted molar refractivity (Wildman–Crippen MR) is 102 cm³/mol. The summed E-state index contributed by atoms with van der Waals surface area (Å²) in [6.45, 7) is 0. The van der Waals surface area contributed by atoms with E-state index in [1.807, 2.05) is 41.0 Å². The number of thioether (sulfide) groups is 1. The van der Waals surface area contributed by atoms with Crippen molar-refractivity contribution in [1.82, 2.24) is 14.8 Å². The Morgan fingerprint density at radius 1 is 1.04 bits per heavy atom. The van der Waals surface area contributed by atoms with E-state index < -0.39 is 0 Å². The molecule has 4 aromatic rings. The van der Waals surface area contributed by atoms with Crippen LogP contribution in [0.4, 0.5) is 4.39 Å². The molecule has 136 valence electrons. The van der Waals surface area contributed by atoms with Crippen LogP contribution in [0.5, 0.6) is 5.75 Å². The zero-order chi connectivity index (χ0) is 18.6. The number of aromatic nitrogens is 3. The van der Waals surface area contributed by atoms with Gasteiger partial charge in [0.05, 0.1) is 19.1 Å². The third-order valence-corrected chi connectivity index (χ3v) is 4.98. The zero-order valence-electron chi connectivity index (χ0n) is 14.5. The number of benzene rings is 2. The first-order valence-electron chi connectivity index (χ1n) is 8.26. The van der Waals surface area contributed by atoms with Crippen molar-refractivity contribution in [2.24, 2.45) is 0 Å². The molecule has 0 radical (unpaired) electrons. The van der Waals surface area contributed by atoms with Gasteiger partial charge in [-0.15, -0.1) is 10.2 Å². The highest BCUT2D eigenvalue weighted by atomic mass is 32.2. The monoisotopic (exact) mass is 381 g/mol. The molecule has 0 bridgehead atoms. The number of nitrogens with zero attached hydrogens (tertiary/aromatic N) is 3. The lowest BCUT2D eigenvalue weighted by atomic mass is 10.2. The highest BCUT2D eigenvalue weighted by Gasteiger charge is 2.20. The molecule has 0 unspecified atom stereocenters. The molecule has 0 aliphatic heterocycles. The molecular weight excluding hydrogens is 365 g/mol. The van der Waals surface area contributed by atoms with E-state index in [2.05, 4.69) is 10.2 Å². The second-order valence-corrected chi connectivity index (χ2v) is 6.65. The Morgan fingerprint density at radius 3 is 2.59 bits per heavy atom. The number of para-hydroxylation sites is 2. The molecular formula is C20H16FN3O2S. The fraction of sp³-hybridized carbons (Fsp3) is 0.100. The maximum atomic E-state index is 13.1. The quantitative estimate of drug-likeness (QED) is 0.442. The number of furan rings is 1. The average molecular weight is 381 g/mol. The maximum absolute atomic E-state index is 13.1. The summed E-state index contributed by atoms with van der Waals surface area (Å²) in [5.41, 5.74) is 1.81. The van der Waals surface area contributed by atoms with Gasteiger partial charge in [-0.25, -0.2) is 4.39 Å². The molecule has 27 heavy (non-hydrogen) atoms. The SMILES string of the molecule is COc1ccccc1-n1c(SCc2ccc(F)cc2)nnc1-c1ccco1. The third kappa shape index (κ3) is 3.59. The van der Waals surface area contributed by atoms with E-state index >= 15 is 0 Å². The van der Waals surface area contributed by atoms with Gasteiger partial charge >= 0.3 is 0 Å². The van der Waals surface area contributed by atoms with Gasteiger partial charge in [0.1, 0.15) is 11.6 Å². The lowest BCUT2D eigenvalue weighted by molar-refractivity contribution is 0.412. The van der Waals surface area contributed by atoms with Crippen LogP contribution in [0.15, 0.2) is 76.5 Å². The van der Waals surface area contributed by atoms with Crippen molar-refractivity contribution in [2.75, 3.05) is 7.11 Å². The number of methoxy groups -OCH3 is 1. The van der Waals surface area contributed by atoms with Crippen LogP contribution in [0.1, 0.15) is 5.56 Å². The standard InChI is InChI=1S/C20H16FN3O2S/c1-25-17-6-3-2-5-16(17)24-19(18-7-4-12-26-18)22-23-20(24)27-13-14-8-10-15(21)11-9-14/h2-12H,13H2,1H3. The molecule has 0 saturated heterocycles. The number of hydrogen-bond donors (Lipinski definition) is 0. The van der Waals surface area contributed by atoms with Crippen molar-refractivity contribution in [3.8, 4) is 23.0 Å². The van der Waals surface area contributed by atoms with E-state index in [-0.39, 0.29) is 5.82 Å². The third-order valence-electron chi connectivity index (χ3n) is 3.98. The Balaban J connectivity index is 1.74. The van der Waals surface area contributed by atoms with Crippen molar-refractivity contribution in [3.63, 3.8) is 0 Å². The second kappa shape index (κ2) is 7.67. The molecule has 2 aromatic carbocycles. The fourth-order valence-electron chi connectivity index (χ4n) is 2.69. The lowest BCUT2D eigenvalue weighted by Gasteiger charge is -2.13. The summed E-state index contributed by atoms with van der Waals surface area (Å²) >= 11 is 1.51. The van der Waals surface area contributed by atoms with Gasteiger partial charge in [-0.2, -0.15) is 0 Å². The van der Waals surface area contributed by atoms with E-state index in [4.69, 9.17) is 9.15 Å². The Kier molecular flexibility index (Phi) is 4.93. The molecule has 2 aromatic heterocycles. The van der Waals surface area contributed by atoms with Crippen LogP contribution < -0.4 is 4.74 Å². The van der Waals surface area contributed by atoms with Gasteiger partial charge in [0, 0.05) is 5.75 Å². The van der Waals surface area contributed by atoms with Crippen molar-refractivity contribution in [2.45, 2.75) is 10.9 Å². The van der Waals surface area contributed by atoms with Gasteiger partial charge in [0.25, 0.3) is 0 Å². The fourth-order valence-corrected chi connectivity index (χ4v) is 3.59. The largest absolute Gasteiger partial charge is 0.495 e. The molecule has 0 aliphatic rings. The van der Waals surface area contributed by atoms with Crippen LogP contribution in [0.25, 0.3) is 17.3 Å². The number of halogens is 1.